The molecule has 0 radical (unpaired) electrons. The lowest BCUT2D eigenvalue weighted by Crippen LogP contribution is -2.40. The summed E-state index contributed by atoms with van der Waals surface area (Å²) in [6, 6.07) is 16.0. The van der Waals surface area contributed by atoms with Crippen LogP contribution in [0.2, 0.25) is 0 Å². The van der Waals surface area contributed by atoms with E-state index < -0.39 is 14.8 Å². The van der Waals surface area contributed by atoms with Gasteiger partial charge in [0.2, 0.25) is 10.0 Å². The summed E-state index contributed by atoms with van der Waals surface area (Å²) in [5.41, 5.74) is 4.22. The van der Waals surface area contributed by atoms with E-state index in [1.54, 1.807) is 13.8 Å². The lowest BCUT2D eigenvalue weighted by molar-refractivity contribution is 0.545. The second-order valence-corrected chi connectivity index (χ2v) is 8.68. The Kier molecular flexibility index (Phi) is 5.10. The van der Waals surface area contributed by atoms with Gasteiger partial charge in [-0.05, 0) is 42.5 Å². The van der Waals surface area contributed by atoms with Crippen molar-refractivity contribution in [3.63, 3.8) is 0 Å². The summed E-state index contributed by atoms with van der Waals surface area (Å²) < 4.78 is 22.7. The molecule has 3 nitrogen and oxygen atoms in total. The monoisotopic (exact) mass is 381 g/mol. The molecule has 0 heterocycles. The zero-order chi connectivity index (χ0) is 16.4. The van der Waals surface area contributed by atoms with E-state index in [4.69, 9.17) is 5.14 Å². The van der Waals surface area contributed by atoms with Crippen LogP contribution in [0.3, 0.4) is 0 Å². The summed E-state index contributed by atoms with van der Waals surface area (Å²) >= 11 is 3.49. The number of primary sulfonamides is 1. The van der Waals surface area contributed by atoms with Gasteiger partial charge in [-0.1, -0.05) is 64.5 Å². The number of sulfonamides is 1. The van der Waals surface area contributed by atoms with Crippen LogP contribution in [0.15, 0.2) is 48.5 Å². The average Bonchev–Trinajstić information content (AvgIpc) is 2.47. The summed E-state index contributed by atoms with van der Waals surface area (Å²) in [6.45, 7) is 3.34. The summed E-state index contributed by atoms with van der Waals surface area (Å²) in [5, 5.41) is 6.07. The molecule has 0 spiro atoms. The highest BCUT2D eigenvalue weighted by molar-refractivity contribution is 9.08. The molecule has 0 unspecified atom stereocenters. The predicted molar refractivity (Wildman–Crippen MR) is 95.4 cm³/mol. The molecule has 0 aliphatic rings. The molecule has 0 saturated heterocycles. The van der Waals surface area contributed by atoms with Gasteiger partial charge in [-0.2, -0.15) is 0 Å². The largest absolute Gasteiger partial charge is 0.228 e. The van der Waals surface area contributed by atoms with Crippen molar-refractivity contribution >= 4 is 26.0 Å². The van der Waals surface area contributed by atoms with Crippen LogP contribution in [0, 0.1) is 0 Å². The predicted octanol–water partition coefficient (Wildman–Crippen LogP) is 3.86. The number of hydrogen-bond acceptors (Lipinski definition) is 2. The lowest BCUT2D eigenvalue weighted by atomic mass is 9.90. The van der Waals surface area contributed by atoms with Crippen molar-refractivity contribution < 1.29 is 8.42 Å². The van der Waals surface area contributed by atoms with Crippen molar-refractivity contribution in [2.75, 3.05) is 0 Å². The molecule has 0 atom stereocenters. The van der Waals surface area contributed by atoms with E-state index in [2.05, 4.69) is 15.9 Å². The van der Waals surface area contributed by atoms with Crippen LogP contribution in [-0.4, -0.2) is 13.2 Å². The summed E-state index contributed by atoms with van der Waals surface area (Å²) in [4.78, 5) is 0. The first-order valence-corrected chi connectivity index (χ1v) is 9.67. The Morgan fingerprint density at radius 2 is 1.68 bits per heavy atom. The maximum atomic E-state index is 11.9. The van der Waals surface area contributed by atoms with Gasteiger partial charge in [-0.25, -0.2) is 13.6 Å². The van der Waals surface area contributed by atoms with Gasteiger partial charge in [0.25, 0.3) is 0 Å². The molecule has 0 fully saturated rings. The topological polar surface area (TPSA) is 60.2 Å². The fraction of sp³-hybridized carbons (Fsp3) is 0.294. The number of halogens is 1. The molecule has 2 rings (SSSR count). The minimum atomic E-state index is -3.64. The zero-order valence-corrected chi connectivity index (χ0v) is 15.1. The highest BCUT2D eigenvalue weighted by Gasteiger charge is 2.32. The number of rotatable bonds is 5. The fourth-order valence-electron chi connectivity index (χ4n) is 2.38. The molecule has 2 aromatic rings. The average molecular weight is 382 g/mol. The van der Waals surface area contributed by atoms with Gasteiger partial charge in [0, 0.05) is 5.33 Å². The highest BCUT2D eigenvalue weighted by Crippen LogP contribution is 2.32. The van der Waals surface area contributed by atoms with E-state index in [0.717, 1.165) is 22.3 Å². The molecule has 0 bridgehead atoms. The Labute approximate surface area is 140 Å². The van der Waals surface area contributed by atoms with Crippen LogP contribution in [0.4, 0.5) is 0 Å². The van der Waals surface area contributed by atoms with Crippen molar-refractivity contribution in [1.82, 2.24) is 0 Å². The van der Waals surface area contributed by atoms with Gasteiger partial charge in [0.15, 0.2) is 0 Å². The van der Waals surface area contributed by atoms with Crippen LogP contribution in [0.5, 0.6) is 0 Å². The summed E-state index contributed by atoms with van der Waals surface area (Å²) in [6.07, 6.45) is 0.373. The second-order valence-electron chi connectivity index (χ2n) is 5.92. The molecule has 0 amide bonds. The van der Waals surface area contributed by atoms with E-state index in [-0.39, 0.29) is 0 Å². The van der Waals surface area contributed by atoms with E-state index >= 15 is 0 Å². The van der Waals surface area contributed by atoms with Crippen LogP contribution in [-0.2, 0) is 21.8 Å². The van der Waals surface area contributed by atoms with Gasteiger partial charge in [0.1, 0.15) is 0 Å². The fourth-order valence-corrected chi connectivity index (χ4v) is 3.25. The molecule has 0 aromatic heterocycles. The van der Waals surface area contributed by atoms with Gasteiger partial charge in [0.05, 0.1) is 4.75 Å². The summed E-state index contributed by atoms with van der Waals surface area (Å²) in [5.74, 6) is 0. The van der Waals surface area contributed by atoms with Gasteiger partial charge >= 0.3 is 0 Å². The van der Waals surface area contributed by atoms with E-state index in [0.29, 0.717) is 11.8 Å². The Hall–Kier alpha value is -1.17. The summed E-state index contributed by atoms with van der Waals surface area (Å²) in [7, 11) is -3.64. The molecular formula is C17H20BrNO2S. The van der Waals surface area contributed by atoms with Crippen LogP contribution < -0.4 is 5.14 Å². The minimum absolute atomic E-state index is 0.373. The van der Waals surface area contributed by atoms with Crippen molar-refractivity contribution in [2.45, 2.75) is 30.3 Å². The first-order chi connectivity index (χ1) is 10.3. The Balaban J connectivity index is 2.59. The van der Waals surface area contributed by atoms with Crippen molar-refractivity contribution in [2.24, 2.45) is 5.14 Å². The molecule has 118 valence electrons. The molecule has 22 heavy (non-hydrogen) atoms. The maximum absolute atomic E-state index is 11.9. The van der Waals surface area contributed by atoms with Crippen LogP contribution in [0.1, 0.15) is 25.0 Å². The Morgan fingerprint density at radius 1 is 1.05 bits per heavy atom. The Morgan fingerprint density at radius 3 is 2.23 bits per heavy atom. The third kappa shape index (κ3) is 3.59. The number of alkyl halides is 1. The van der Waals surface area contributed by atoms with Crippen molar-refractivity contribution in [1.29, 1.82) is 0 Å². The number of hydrogen-bond donors (Lipinski definition) is 1. The third-order valence-corrected chi connectivity index (χ3v) is 6.16. The first-order valence-electron chi connectivity index (χ1n) is 7.01. The molecule has 0 aliphatic carbocycles. The van der Waals surface area contributed by atoms with Crippen LogP contribution >= 0.6 is 15.9 Å². The quantitative estimate of drug-likeness (QED) is 0.799. The second kappa shape index (κ2) is 6.52. The minimum Gasteiger partial charge on any atom is -0.228 e. The molecule has 5 heteroatoms. The molecule has 2 aromatic carbocycles. The van der Waals surface area contributed by atoms with Crippen molar-refractivity contribution in [3.8, 4) is 11.1 Å². The normalized spacial score (nSPS) is 12.4. The van der Waals surface area contributed by atoms with Crippen LogP contribution in [0.25, 0.3) is 11.1 Å². The maximum Gasteiger partial charge on any atom is 0.214 e. The van der Waals surface area contributed by atoms with Gasteiger partial charge < -0.3 is 0 Å². The molecule has 0 saturated carbocycles. The van der Waals surface area contributed by atoms with E-state index in [1.165, 1.54) is 0 Å². The highest BCUT2D eigenvalue weighted by atomic mass is 79.9. The zero-order valence-electron chi connectivity index (χ0n) is 12.7. The van der Waals surface area contributed by atoms with Gasteiger partial charge in [-0.3, -0.25) is 0 Å². The number of benzene rings is 2. The van der Waals surface area contributed by atoms with Gasteiger partial charge in [-0.15, -0.1) is 0 Å². The smallest absolute Gasteiger partial charge is 0.214 e. The lowest BCUT2D eigenvalue weighted by Gasteiger charge is -2.25. The first kappa shape index (κ1) is 17.2. The Bertz CT molecular complexity index is 755. The van der Waals surface area contributed by atoms with Crippen molar-refractivity contribution in [3.05, 3.63) is 59.7 Å². The SMILES string of the molecule is CC(C)(Cc1c(CBr)cccc1-c1ccccc1)S(N)(=O)=O. The third-order valence-electron chi connectivity index (χ3n) is 3.87. The molecule has 0 aliphatic heterocycles. The molecule has 2 N–H and O–H groups in total. The van der Waals surface area contributed by atoms with E-state index in [9.17, 15) is 8.42 Å². The standard InChI is InChI=1S/C17H20BrNO2S/c1-17(2,22(19,20)21)11-16-14(12-18)9-6-10-15(16)13-7-4-3-5-8-13/h3-10H,11-12H2,1-2H3,(H2,19,20,21). The molecular weight excluding hydrogens is 362 g/mol. The number of nitrogens with two attached hydrogens (primary N) is 1. The van der Waals surface area contributed by atoms with E-state index in [1.807, 2.05) is 48.5 Å².